The van der Waals surface area contributed by atoms with Crippen LogP contribution in [0.3, 0.4) is 0 Å². The number of hydrogen-bond donors (Lipinski definition) is 1. The summed E-state index contributed by atoms with van der Waals surface area (Å²) < 4.78 is 2.27. The van der Waals surface area contributed by atoms with E-state index in [0.717, 1.165) is 23.4 Å². The summed E-state index contributed by atoms with van der Waals surface area (Å²) >= 11 is 0. The molecule has 1 aliphatic heterocycles. The number of likely N-dealkylation sites (N-methyl/N-ethyl adjacent to an activating group) is 1. The van der Waals surface area contributed by atoms with Gasteiger partial charge in [0.25, 0.3) is 0 Å². The number of nitrogens with zero attached hydrogens (tertiary/aromatic N) is 4. The number of aromatic nitrogens is 4. The second-order valence-electron chi connectivity index (χ2n) is 5.84. The van der Waals surface area contributed by atoms with Crippen molar-refractivity contribution in [3.05, 3.63) is 30.4 Å². The molecule has 0 unspecified atom stereocenters. The Morgan fingerprint density at radius 3 is 3.05 bits per heavy atom. The maximum atomic E-state index is 4.55. The molecular weight excluding hydrogens is 250 g/mol. The highest BCUT2D eigenvalue weighted by Gasteiger charge is 2.33. The van der Waals surface area contributed by atoms with Crippen LogP contribution in [-0.2, 0) is 0 Å². The number of nitrogens with one attached hydrogen (secondary N) is 1. The number of aromatic amines is 1. The second-order valence-corrected chi connectivity index (χ2v) is 5.84. The summed E-state index contributed by atoms with van der Waals surface area (Å²) in [7, 11) is 2.21. The fourth-order valence-corrected chi connectivity index (χ4v) is 3.59. The van der Waals surface area contributed by atoms with Crippen LogP contribution in [-0.4, -0.2) is 44.4 Å². The third-order valence-electron chi connectivity index (χ3n) is 4.60. The zero-order chi connectivity index (χ0) is 13.7. The van der Waals surface area contributed by atoms with Gasteiger partial charge in [0.05, 0.1) is 11.7 Å². The van der Waals surface area contributed by atoms with E-state index < -0.39 is 0 Å². The predicted octanol–water partition coefficient (Wildman–Crippen LogP) is 2.27. The van der Waals surface area contributed by atoms with Crippen molar-refractivity contribution in [3.63, 3.8) is 0 Å². The predicted molar refractivity (Wildman–Crippen MR) is 78.9 cm³/mol. The van der Waals surface area contributed by atoms with Gasteiger partial charge in [-0.2, -0.15) is 0 Å². The Kier molecular flexibility index (Phi) is 2.57. The van der Waals surface area contributed by atoms with Crippen LogP contribution in [0.25, 0.3) is 16.8 Å². The summed E-state index contributed by atoms with van der Waals surface area (Å²) in [4.78, 5) is 14.6. The normalized spacial score (nSPS) is 24.1. The van der Waals surface area contributed by atoms with Crippen molar-refractivity contribution < 1.29 is 0 Å². The molecule has 0 radical (unpaired) electrons. The smallest absolute Gasteiger partial charge is 0.156 e. The van der Waals surface area contributed by atoms with Crippen LogP contribution in [0, 0.1) is 5.92 Å². The van der Waals surface area contributed by atoms with Crippen LogP contribution in [0.4, 0.5) is 0 Å². The van der Waals surface area contributed by atoms with Crippen LogP contribution in [0.2, 0.25) is 0 Å². The van der Waals surface area contributed by atoms with Crippen LogP contribution in [0.5, 0.6) is 0 Å². The molecule has 5 nitrogen and oxygen atoms in total. The average Bonchev–Trinajstić information content (AvgIpc) is 3.13. The summed E-state index contributed by atoms with van der Waals surface area (Å²) in [5.41, 5.74) is 4.32. The minimum atomic E-state index is 0.556. The molecule has 3 aromatic heterocycles. The number of H-pyrrole nitrogens is 1. The SMILES string of the molecule is CC[C@@H]1CN(C)C[C@@H]1c1cnc2cnc3[nH]ccc3n12. The van der Waals surface area contributed by atoms with Gasteiger partial charge >= 0.3 is 0 Å². The van der Waals surface area contributed by atoms with E-state index in [-0.39, 0.29) is 0 Å². The first-order valence-corrected chi connectivity index (χ1v) is 7.26. The lowest BCUT2D eigenvalue weighted by molar-refractivity contribution is 0.392. The minimum absolute atomic E-state index is 0.556. The molecular formula is C15H19N5. The lowest BCUT2D eigenvalue weighted by Gasteiger charge is -2.16. The Balaban J connectivity index is 1.93. The van der Waals surface area contributed by atoms with Gasteiger partial charge in [0.2, 0.25) is 0 Å². The molecule has 1 N–H and O–H groups in total. The van der Waals surface area contributed by atoms with Gasteiger partial charge in [-0.3, -0.25) is 4.40 Å². The van der Waals surface area contributed by atoms with Crippen molar-refractivity contribution in [1.29, 1.82) is 0 Å². The van der Waals surface area contributed by atoms with Crippen molar-refractivity contribution in [2.45, 2.75) is 19.3 Å². The first kappa shape index (κ1) is 11.9. The number of hydrogen-bond acceptors (Lipinski definition) is 3. The Labute approximate surface area is 117 Å². The Hall–Kier alpha value is -1.88. The van der Waals surface area contributed by atoms with E-state index >= 15 is 0 Å². The van der Waals surface area contributed by atoms with E-state index in [4.69, 9.17) is 0 Å². The van der Waals surface area contributed by atoms with Gasteiger partial charge in [-0.25, -0.2) is 9.97 Å². The molecule has 0 amide bonds. The molecule has 0 bridgehead atoms. The fraction of sp³-hybridized carbons (Fsp3) is 0.467. The molecule has 3 aromatic rings. The third-order valence-corrected chi connectivity index (χ3v) is 4.60. The summed E-state index contributed by atoms with van der Waals surface area (Å²) in [6, 6.07) is 2.08. The number of imidazole rings is 1. The van der Waals surface area contributed by atoms with Gasteiger partial charge in [0.1, 0.15) is 0 Å². The molecule has 0 aliphatic carbocycles. The second kappa shape index (κ2) is 4.31. The molecule has 2 atom stereocenters. The van der Waals surface area contributed by atoms with E-state index in [1.807, 2.05) is 18.6 Å². The molecule has 0 spiro atoms. The quantitative estimate of drug-likeness (QED) is 0.776. The van der Waals surface area contributed by atoms with E-state index in [1.165, 1.54) is 18.7 Å². The first-order chi connectivity index (χ1) is 9.78. The van der Waals surface area contributed by atoms with Gasteiger partial charge in [-0.15, -0.1) is 0 Å². The van der Waals surface area contributed by atoms with Crippen LogP contribution in [0.15, 0.2) is 24.7 Å². The summed E-state index contributed by atoms with van der Waals surface area (Å²) in [5, 5.41) is 0. The van der Waals surface area contributed by atoms with Gasteiger partial charge in [0, 0.05) is 37.1 Å². The monoisotopic (exact) mass is 269 g/mol. The molecule has 1 aliphatic rings. The highest BCUT2D eigenvalue weighted by atomic mass is 15.1. The number of fused-ring (bicyclic) bond motifs is 3. The molecule has 0 saturated carbocycles. The fourth-order valence-electron chi connectivity index (χ4n) is 3.59. The minimum Gasteiger partial charge on any atom is -0.345 e. The van der Waals surface area contributed by atoms with E-state index in [9.17, 15) is 0 Å². The molecule has 5 heteroatoms. The van der Waals surface area contributed by atoms with Gasteiger partial charge < -0.3 is 9.88 Å². The highest BCUT2D eigenvalue weighted by molar-refractivity contribution is 5.74. The standard InChI is InChI=1S/C15H19N5/c1-3-10-8-19(2)9-11(10)13-6-17-14-7-18-15-12(20(13)14)4-5-16-15/h4-7,10-11,16H,3,8-9H2,1-2H3/t10-,11+/m1/s1. The molecule has 4 rings (SSSR count). The number of likely N-dealkylation sites (tertiary alicyclic amines) is 1. The van der Waals surface area contributed by atoms with Crippen molar-refractivity contribution >= 4 is 16.8 Å². The first-order valence-electron chi connectivity index (χ1n) is 7.26. The molecule has 104 valence electrons. The Morgan fingerprint density at radius 1 is 1.30 bits per heavy atom. The maximum Gasteiger partial charge on any atom is 0.156 e. The molecule has 20 heavy (non-hydrogen) atoms. The zero-order valence-electron chi connectivity index (χ0n) is 11.9. The van der Waals surface area contributed by atoms with Crippen LogP contribution in [0.1, 0.15) is 25.0 Å². The van der Waals surface area contributed by atoms with Gasteiger partial charge in [0.15, 0.2) is 11.3 Å². The summed E-state index contributed by atoms with van der Waals surface area (Å²) in [6.45, 7) is 4.57. The highest BCUT2D eigenvalue weighted by Crippen LogP contribution is 2.34. The summed E-state index contributed by atoms with van der Waals surface area (Å²) in [6.07, 6.45) is 7.04. The lowest BCUT2D eigenvalue weighted by atomic mass is 9.91. The lowest BCUT2D eigenvalue weighted by Crippen LogP contribution is -2.14. The Bertz CT molecular complexity index is 756. The van der Waals surface area contributed by atoms with Crippen LogP contribution < -0.4 is 0 Å². The van der Waals surface area contributed by atoms with Crippen molar-refractivity contribution in [2.75, 3.05) is 20.1 Å². The largest absolute Gasteiger partial charge is 0.345 e. The van der Waals surface area contributed by atoms with Gasteiger partial charge in [-0.1, -0.05) is 13.3 Å². The van der Waals surface area contributed by atoms with Crippen LogP contribution >= 0.6 is 0 Å². The van der Waals surface area contributed by atoms with E-state index in [2.05, 4.69) is 44.3 Å². The average molecular weight is 269 g/mol. The zero-order valence-corrected chi connectivity index (χ0v) is 11.9. The molecule has 4 heterocycles. The van der Waals surface area contributed by atoms with Crippen molar-refractivity contribution in [2.24, 2.45) is 5.92 Å². The van der Waals surface area contributed by atoms with E-state index in [1.54, 1.807) is 0 Å². The van der Waals surface area contributed by atoms with E-state index in [0.29, 0.717) is 11.8 Å². The molecule has 1 fully saturated rings. The van der Waals surface area contributed by atoms with Crippen molar-refractivity contribution in [1.82, 2.24) is 24.3 Å². The Morgan fingerprint density at radius 2 is 2.20 bits per heavy atom. The maximum absolute atomic E-state index is 4.55. The van der Waals surface area contributed by atoms with Crippen molar-refractivity contribution in [3.8, 4) is 0 Å². The summed E-state index contributed by atoms with van der Waals surface area (Å²) in [5.74, 6) is 1.27. The van der Waals surface area contributed by atoms with Gasteiger partial charge in [-0.05, 0) is 19.0 Å². The number of rotatable bonds is 2. The third kappa shape index (κ3) is 1.59. The molecule has 0 aromatic carbocycles. The molecule has 1 saturated heterocycles. The topological polar surface area (TPSA) is 49.2 Å².